The predicted molar refractivity (Wildman–Crippen MR) is 94.3 cm³/mol. The molecule has 4 N–H and O–H groups in total. The van der Waals surface area contributed by atoms with E-state index in [0.29, 0.717) is 16.7 Å². The number of pyridine rings is 1. The summed E-state index contributed by atoms with van der Waals surface area (Å²) in [4.78, 5) is 19.8. The van der Waals surface area contributed by atoms with Gasteiger partial charge in [-0.15, -0.1) is 0 Å². The molecule has 3 aromatic heterocycles. The number of nitrogen functional groups attached to an aromatic ring is 1. The molecule has 0 saturated carbocycles. The molecule has 0 aromatic carbocycles. The molecule has 12 heteroatoms. The monoisotopic (exact) mass is 309 g/mol. The van der Waals surface area contributed by atoms with E-state index in [1.165, 1.54) is 23.0 Å². The second-order valence-corrected chi connectivity index (χ2v) is 4.85. The van der Waals surface area contributed by atoms with E-state index in [1.54, 1.807) is 0 Å². The zero-order valence-electron chi connectivity index (χ0n) is 12.3. The van der Waals surface area contributed by atoms with Gasteiger partial charge in [0.15, 0.2) is 7.85 Å². The number of amides is 1. The lowest BCUT2D eigenvalue weighted by Crippen LogP contribution is -2.30. The Morgan fingerprint density at radius 1 is 1.25 bits per heavy atom. The first-order valence-electron chi connectivity index (χ1n) is 6.64. The molecule has 0 fully saturated rings. The summed E-state index contributed by atoms with van der Waals surface area (Å²) in [5, 5.41) is 8.90. The third-order valence-corrected chi connectivity index (χ3v) is 3.31. The van der Waals surface area contributed by atoms with Gasteiger partial charge in [-0.1, -0.05) is 5.46 Å². The maximum absolute atomic E-state index is 11.8. The van der Waals surface area contributed by atoms with Crippen molar-refractivity contribution >= 4 is 76.9 Å². The highest BCUT2D eigenvalue weighted by atomic mass is 16.1. The summed E-state index contributed by atoms with van der Waals surface area (Å²) < 4.78 is 1.31. The van der Waals surface area contributed by atoms with E-state index in [-0.39, 0.29) is 28.4 Å². The van der Waals surface area contributed by atoms with Crippen LogP contribution in [0.2, 0.25) is 0 Å². The summed E-state index contributed by atoms with van der Waals surface area (Å²) in [6.45, 7) is 0. The lowest BCUT2D eigenvalue weighted by molar-refractivity contribution is 0.0982. The lowest BCUT2D eigenvalue weighted by atomic mass is 9.88. The van der Waals surface area contributed by atoms with Crippen molar-refractivity contribution in [3.05, 3.63) is 24.0 Å². The standard InChI is InChI=1S/C12H7B4N7O/c13-5-3-19-23-9(5)8(14)10(21-12(23)15)20-6-1-7(17)18-2-4(6)11(24)22-16/h1-3H,(H,22,24)(H3,17,18,20). The Morgan fingerprint density at radius 3 is 2.71 bits per heavy atom. The molecule has 0 aliphatic carbocycles. The number of aromatic nitrogens is 4. The molecule has 3 heterocycles. The van der Waals surface area contributed by atoms with E-state index in [9.17, 15) is 4.79 Å². The number of nitrogens with one attached hydrogen (secondary N) is 2. The zero-order valence-corrected chi connectivity index (χ0v) is 12.3. The van der Waals surface area contributed by atoms with Gasteiger partial charge in [0.25, 0.3) is 0 Å². The van der Waals surface area contributed by atoms with Crippen LogP contribution in [0.1, 0.15) is 10.4 Å². The topological polar surface area (TPSA) is 110 Å². The summed E-state index contributed by atoms with van der Waals surface area (Å²) in [5.41, 5.74) is 7.10. The average molecular weight is 308 g/mol. The van der Waals surface area contributed by atoms with Gasteiger partial charge in [-0.3, -0.25) is 4.79 Å². The highest BCUT2D eigenvalue weighted by Crippen LogP contribution is 2.20. The van der Waals surface area contributed by atoms with Gasteiger partial charge in [0.1, 0.15) is 27.3 Å². The molecule has 0 spiro atoms. The van der Waals surface area contributed by atoms with E-state index in [1.807, 2.05) is 5.23 Å². The average Bonchev–Trinajstić information content (AvgIpc) is 2.94. The summed E-state index contributed by atoms with van der Waals surface area (Å²) in [6, 6.07) is 1.44. The molecule has 0 aliphatic heterocycles. The molecule has 0 atom stereocenters. The second kappa shape index (κ2) is 5.95. The first-order chi connectivity index (χ1) is 11.4. The van der Waals surface area contributed by atoms with Crippen molar-refractivity contribution in [2.45, 2.75) is 0 Å². The maximum atomic E-state index is 11.8. The summed E-state index contributed by atoms with van der Waals surface area (Å²) >= 11 is 0. The van der Waals surface area contributed by atoms with Crippen LogP contribution in [-0.2, 0) is 0 Å². The quantitative estimate of drug-likeness (QED) is 0.436. The zero-order chi connectivity index (χ0) is 17.4. The first-order valence-corrected chi connectivity index (χ1v) is 6.64. The first kappa shape index (κ1) is 16.0. The fourth-order valence-electron chi connectivity index (χ4n) is 2.20. The molecule has 3 aromatic rings. The van der Waals surface area contributed by atoms with Crippen molar-refractivity contribution < 1.29 is 4.79 Å². The molecule has 0 unspecified atom stereocenters. The molecule has 108 valence electrons. The SMILES string of the molecule is [B]NC(=O)c1cnc(N)cc1Nc1nc([B])n2ncc([B])c2c1[B]. The van der Waals surface area contributed by atoms with Crippen molar-refractivity contribution in [3.63, 3.8) is 0 Å². The van der Waals surface area contributed by atoms with Gasteiger partial charge in [-0.2, -0.15) is 5.10 Å². The number of nitrogens with two attached hydrogens (primary N) is 1. The van der Waals surface area contributed by atoms with Crippen molar-refractivity contribution in [2.24, 2.45) is 0 Å². The number of fused-ring (bicyclic) bond motifs is 1. The number of carbonyl (C=O) groups is 1. The number of hydrogen-bond acceptors (Lipinski definition) is 6. The van der Waals surface area contributed by atoms with Crippen LogP contribution in [0.4, 0.5) is 17.3 Å². The third-order valence-electron chi connectivity index (χ3n) is 3.31. The van der Waals surface area contributed by atoms with Gasteiger partial charge in [-0.05, 0) is 5.46 Å². The van der Waals surface area contributed by atoms with E-state index < -0.39 is 5.91 Å². The van der Waals surface area contributed by atoms with Crippen molar-refractivity contribution in [1.29, 1.82) is 0 Å². The van der Waals surface area contributed by atoms with Gasteiger partial charge >= 0.3 is 0 Å². The van der Waals surface area contributed by atoms with E-state index in [0.717, 1.165) is 0 Å². The van der Waals surface area contributed by atoms with Crippen LogP contribution in [0.5, 0.6) is 0 Å². The van der Waals surface area contributed by atoms with Crippen molar-refractivity contribution in [1.82, 2.24) is 24.8 Å². The Labute approximate surface area is 142 Å². The third kappa shape index (κ3) is 2.60. The Hall–Kier alpha value is -2.90. The smallest absolute Gasteiger partial charge is 0.242 e. The fraction of sp³-hybridized carbons (Fsp3) is 0. The Morgan fingerprint density at radius 2 is 2.00 bits per heavy atom. The van der Waals surface area contributed by atoms with Gasteiger partial charge in [0.2, 0.25) is 13.9 Å². The Balaban J connectivity index is 2.14. The van der Waals surface area contributed by atoms with Crippen LogP contribution in [0.15, 0.2) is 18.5 Å². The van der Waals surface area contributed by atoms with Crippen molar-refractivity contribution in [2.75, 3.05) is 11.1 Å². The molecular formula is C12H7B4N7O. The van der Waals surface area contributed by atoms with Crippen LogP contribution in [-0.4, -0.2) is 57.0 Å². The molecule has 3 rings (SSSR count). The molecule has 1 amide bonds. The molecule has 0 saturated heterocycles. The number of rotatable bonds is 3. The molecular weight excluding hydrogens is 301 g/mol. The number of nitrogens with zero attached hydrogens (tertiary/aromatic N) is 4. The molecule has 8 radical (unpaired) electrons. The summed E-state index contributed by atoms with van der Waals surface area (Å²) in [6.07, 6.45) is 2.68. The molecule has 24 heavy (non-hydrogen) atoms. The second-order valence-electron chi connectivity index (χ2n) is 4.85. The van der Waals surface area contributed by atoms with E-state index in [2.05, 4.69) is 20.4 Å². The minimum absolute atomic E-state index is 0.0604. The van der Waals surface area contributed by atoms with Crippen molar-refractivity contribution in [3.8, 4) is 0 Å². The largest absolute Gasteiger partial charge is 0.405 e. The van der Waals surface area contributed by atoms with E-state index in [4.69, 9.17) is 37.3 Å². The van der Waals surface area contributed by atoms with Crippen LogP contribution in [0.25, 0.3) is 5.52 Å². The molecule has 0 aliphatic rings. The van der Waals surface area contributed by atoms with E-state index >= 15 is 0 Å². The number of carbonyl (C=O) groups excluding carboxylic acids is 1. The Kier molecular flexibility index (Phi) is 3.96. The van der Waals surface area contributed by atoms with Crippen LogP contribution < -0.4 is 32.9 Å². The van der Waals surface area contributed by atoms with Crippen LogP contribution in [0, 0.1) is 0 Å². The minimum atomic E-state index is -0.568. The van der Waals surface area contributed by atoms with Crippen LogP contribution >= 0.6 is 0 Å². The van der Waals surface area contributed by atoms with Crippen LogP contribution in [0.3, 0.4) is 0 Å². The highest BCUT2D eigenvalue weighted by molar-refractivity contribution is 6.47. The lowest BCUT2D eigenvalue weighted by Gasteiger charge is -2.15. The summed E-state index contributed by atoms with van der Waals surface area (Å²) in [7, 11) is 22.9. The van der Waals surface area contributed by atoms with Gasteiger partial charge in [0, 0.05) is 18.5 Å². The number of anilines is 3. The molecule has 0 bridgehead atoms. The highest BCUT2D eigenvalue weighted by Gasteiger charge is 2.15. The predicted octanol–water partition coefficient (Wildman–Crippen LogP) is -3.36. The van der Waals surface area contributed by atoms with Gasteiger partial charge < -0.3 is 16.3 Å². The molecule has 8 nitrogen and oxygen atoms in total. The van der Waals surface area contributed by atoms with Gasteiger partial charge in [-0.25, -0.2) is 14.5 Å². The maximum Gasteiger partial charge on any atom is 0.242 e. The van der Waals surface area contributed by atoms with Gasteiger partial charge in [0.05, 0.1) is 22.5 Å². The minimum Gasteiger partial charge on any atom is -0.405 e. The number of hydrogen-bond donors (Lipinski definition) is 3. The summed E-state index contributed by atoms with van der Waals surface area (Å²) in [5.74, 6) is -0.201. The fourth-order valence-corrected chi connectivity index (χ4v) is 2.20. The Bertz CT molecular complexity index is 958. The normalized spacial score (nSPS) is 10.7.